The van der Waals surface area contributed by atoms with E-state index in [9.17, 15) is 19.2 Å². The Hall–Kier alpha value is -3.66. The second-order valence-corrected chi connectivity index (χ2v) is 7.52. The van der Waals surface area contributed by atoms with Crippen LogP contribution in [0.25, 0.3) is 10.9 Å². The highest BCUT2D eigenvalue weighted by Crippen LogP contribution is 2.18. The van der Waals surface area contributed by atoms with Crippen LogP contribution in [0.15, 0.2) is 53.1 Å². The number of allylic oxidation sites excluding steroid dienone is 1. The van der Waals surface area contributed by atoms with Gasteiger partial charge in [-0.15, -0.1) is 0 Å². The highest BCUT2D eigenvalue weighted by atomic mass is 32.1. The van der Waals surface area contributed by atoms with Crippen molar-refractivity contribution in [3.8, 4) is 5.06 Å². The van der Waals surface area contributed by atoms with Crippen LogP contribution < -0.4 is 20.2 Å². The summed E-state index contributed by atoms with van der Waals surface area (Å²) in [7, 11) is 0. The summed E-state index contributed by atoms with van der Waals surface area (Å²) in [6.07, 6.45) is 3.61. The first-order valence-corrected chi connectivity index (χ1v) is 9.86. The Morgan fingerprint density at radius 2 is 1.97 bits per heavy atom. The van der Waals surface area contributed by atoms with Gasteiger partial charge in [0.15, 0.2) is 5.78 Å². The monoisotopic (exact) mass is 428 g/mol. The zero-order valence-electron chi connectivity index (χ0n) is 16.4. The van der Waals surface area contributed by atoms with Crippen molar-refractivity contribution in [3.63, 3.8) is 0 Å². The zero-order valence-corrected chi connectivity index (χ0v) is 17.2. The normalized spacial score (nSPS) is 10.5. The molecule has 3 rings (SSSR count). The lowest BCUT2D eigenvalue weighted by Crippen LogP contribution is -2.33. The number of thiazole rings is 1. The Morgan fingerprint density at radius 3 is 2.73 bits per heavy atom. The van der Waals surface area contributed by atoms with Crippen LogP contribution in [-0.4, -0.2) is 40.5 Å². The molecule has 1 aromatic carbocycles. The van der Waals surface area contributed by atoms with Gasteiger partial charge in [0.05, 0.1) is 12.7 Å². The maximum atomic E-state index is 12.4. The number of para-hydroxylation sites is 1. The third-order valence-corrected chi connectivity index (χ3v) is 4.84. The molecule has 2 heterocycles. The quantitative estimate of drug-likeness (QED) is 0.412. The van der Waals surface area contributed by atoms with Gasteiger partial charge in [-0.05, 0) is 31.3 Å². The Balaban J connectivity index is 1.56. The van der Waals surface area contributed by atoms with Crippen LogP contribution in [-0.2, 0) is 0 Å². The molecular formula is C20H20N4O5S. The van der Waals surface area contributed by atoms with E-state index in [0.29, 0.717) is 16.9 Å². The van der Waals surface area contributed by atoms with Crippen LogP contribution in [0.4, 0.5) is 9.59 Å². The Morgan fingerprint density at radius 1 is 1.20 bits per heavy atom. The van der Waals surface area contributed by atoms with Crippen molar-refractivity contribution in [3.05, 3.63) is 63.5 Å². The topological polar surface area (TPSA) is 122 Å². The number of H-pyrrole nitrogens is 1. The summed E-state index contributed by atoms with van der Waals surface area (Å²) in [6, 6.07) is 6.69. The third kappa shape index (κ3) is 5.03. The summed E-state index contributed by atoms with van der Waals surface area (Å²) in [5.74, 6) is -0.297. The fourth-order valence-corrected chi connectivity index (χ4v) is 3.29. The summed E-state index contributed by atoms with van der Waals surface area (Å²) in [4.78, 5) is 50.7. The molecule has 0 bridgehead atoms. The SMILES string of the molecule is CC(C)=CCNC(=O)n1cc(OC(=O)NCC(=O)c2c[nH]c3ccccc23)sc1=O. The number of amides is 2. The van der Waals surface area contributed by atoms with Gasteiger partial charge in [-0.3, -0.25) is 9.59 Å². The largest absolute Gasteiger partial charge is 0.413 e. The van der Waals surface area contributed by atoms with E-state index in [1.165, 1.54) is 0 Å². The van der Waals surface area contributed by atoms with E-state index < -0.39 is 17.0 Å². The van der Waals surface area contributed by atoms with E-state index in [2.05, 4.69) is 15.6 Å². The van der Waals surface area contributed by atoms with Crippen LogP contribution in [0.2, 0.25) is 0 Å². The summed E-state index contributed by atoms with van der Waals surface area (Å²) >= 11 is 0.603. The first kappa shape index (κ1) is 21.1. The smallest absolute Gasteiger partial charge is 0.397 e. The maximum absolute atomic E-state index is 12.4. The van der Waals surface area contributed by atoms with Gasteiger partial charge in [-0.2, -0.15) is 0 Å². The number of carbonyl (C=O) groups excluding carboxylic acids is 3. The molecular weight excluding hydrogens is 408 g/mol. The van der Waals surface area contributed by atoms with E-state index in [1.54, 1.807) is 18.3 Å². The maximum Gasteiger partial charge on any atom is 0.413 e. The Labute approximate surface area is 175 Å². The Bertz CT molecular complexity index is 1180. The van der Waals surface area contributed by atoms with Gasteiger partial charge in [-0.1, -0.05) is 29.8 Å². The molecule has 0 spiro atoms. The van der Waals surface area contributed by atoms with Crippen molar-refractivity contribution in [1.82, 2.24) is 20.2 Å². The van der Waals surface area contributed by atoms with Crippen molar-refractivity contribution >= 4 is 40.1 Å². The van der Waals surface area contributed by atoms with E-state index in [1.807, 2.05) is 32.0 Å². The molecule has 156 valence electrons. The average Bonchev–Trinajstić information content (AvgIpc) is 3.29. The van der Waals surface area contributed by atoms with Crippen molar-refractivity contribution < 1.29 is 19.1 Å². The fraction of sp³-hybridized carbons (Fsp3) is 0.200. The van der Waals surface area contributed by atoms with Crippen molar-refractivity contribution in [2.24, 2.45) is 0 Å². The first-order valence-electron chi connectivity index (χ1n) is 9.04. The molecule has 0 radical (unpaired) electrons. The zero-order chi connectivity index (χ0) is 21.7. The molecule has 0 aliphatic carbocycles. The van der Waals surface area contributed by atoms with Crippen molar-refractivity contribution in [1.29, 1.82) is 0 Å². The molecule has 0 saturated carbocycles. The number of hydrogen-bond acceptors (Lipinski definition) is 6. The number of hydrogen-bond donors (Lipinski definition) is 3. The summed E-state index contributed by atoms with van der Waals surface area (Å²) < 4.78 is 5.84. The number of ketones is 1. The molecule has 9 nitrogen and oxygen atoms in total. The molecule has 0 atom stereocenters. The molecule has 2 aromatic heterocycles. The van der Waals surface area contributed by atoms with Gasteiger partial charge in [-0.25, -0.2) is 14.2 Å². The van der Waals surface area contributed by atoms with Crippen molar-refractivity contribution in [2.75, 3.05) is 13.1 Å². The number of aromatic amines is 1. The molecule has 3 aromatic rings. The van der Waals surface area contributed by atoms with Gasteiger partial charge < -0.3 is 20.4 Å². The van der Waals surface area contributed by atoms with Gasteiger partial charge in [0, 0.05) is 29.2 Å². The van der Waals surface area contributed by atoms with Gasteiger partial charge >= 0.3 is 17.0 Å². The molecule has 0 aliphatic rings. The third-order valence-electron chi connectivity index (χ3n) is 4.08. The lowest BCUT2D eigenvalue weighted by Gasteiger charge is -2.04. The number of benzene rings is 1. The number of fused-ring (bicyclic) bond motifs is 1. The second-order valence-electron chi connectivity index (χ2n) is 6.57. The van der Waals surface area contributed by atoms with Crippen LogP contribution in [0, 0.1) is 0 Å². The lowest BCUT2D eigenvalue weighted by molar-refractivity contribution is 0.0990. The number of ether oxygens (including phenoxy) is 1. The first-order chi connectivity index (χ1) is 14.3. The lowest BCUT2D eigenvalue weighted by atomic mass is 10.1. The van der Waals surface area contributed by atoms with Crippen molar-refractivity contribution in [2.45, 2.75) is 13.8 Å². The van der Waals surface area contributed by atoms with Crippen LogP contribution in [0.1, 0.15) is 24.2 Å². The number of rotatable bonds is 6. The van der Waals surface area contributed by atoms with Gasteiger partial charge in [0.1, 0.15) is 0 Å². The van der Waals surface area contributed by atoms with Crippen LogP contribution >= 0.6 is 11.3 Å². The summed E-state index contributed by atoms with van der Waals surface area (Å²) in [5.41, 5.74) is 2.29. The van der Waals surface area contributed by atoms with Gasteiger partial charge in [0.2, 0.25) is 5.06 Å². The van der Waals surface area contributed by atoms with E-state index in [0.717, 1.165) is 27.2 Å². The highest BCUT2D eigenvalue weighted by Gasteiger charge is 2.16. The highest BCUT2D eigenvalue weighted by molar-refractivity contribution is 7.11. The fourth-order valence-electron chi connectivity index (χ4n) is 2.61. The minimum atomic E-state index is -0.901. The predicted octanol–water partition coefficient (Wildman–Crippen LogP) is 2.89. The van der Waals surface area contributed by atoms with Crippen LogP contribution in [0.3, 0.4) is 0 Å². The predicted molar refractivity (Wildman–Crippen MR) is 113 cm³/mol. The van der Waals surface area contributed by atoms with E-state index in [-0.39, 0.29) is 23.9 Å². The number of Topliss-reactive ketones (excluding diaryl/α,β-unsaturated/α-hetero) is 1. The molecule has 30 heavy (non-hydrogen) atoms. The number of nitrogens with zero attached hydrogens (tertiary/aromatic N) is 1. The molecule has 3 N–H and O–H groups in total. The minimum absolute atomic E-state index is 0.0607. The molecule has 0 saturated heterocycles. The molecule has 0 unspecified atom stereocenters. The molecule has 0 fully saturated rings. The Kier molecular flexibility index (Phi) is 6.48. The van der Waals surface area contributed by atoms with Crippen LogP contribution in [0.5, 0.6) is 5.06 Å². The standard InChI is InChI=1S/C20H20N4O5S/c1-12(2)7-8-21-18(26)24-11-17(30-20(24)28)29-19(27)23-10-16(25)14-9-22-15-6-4-3-5-13(14)15/h3-7,9,11,22H,8,10H2,1-2H3,(H,21,26)(H,23,27). The summed E-state index contributed by atoms with van der Waals surface area (Å²) in [6.45, 7) is 3.77. The number of nitrogens with one attached hydrogen (secondary N) is 3. The number of carbonyl (C=O) groups is 3. The average molecular weight is 428 g/mol. The molecule has 10 heteroatoms. The van der Waals surface area contributed by atoms with E-state index in [4.69, 9.17) is 4.74 Å². The minimum Gasteiger partial charge on any atom is -0.397 e. The van der Waals surface area contributed by atoms with Gasteiger partial charge in [0.25, 0.3) is 0 Å². The molecule has 0 aliphatic heterocycles. The number of aromatic nitrogens is 2. The molecule has 2 amide bonds. The van der Waals surface area contributed by atoms with E-state index >= 15 is 0 Å². The second kappa shape index (κ2) is 9.23. The summed E-state index contributed by atoms with van der Waals surface area (Å²) in [5, 5.41) is 5.61.